The zero-order chi connectivity index (χ0) is 24.8. The number of carbonyl (C=O) groups excluding carboxylic acids is 2. The fourth-order valence-electron chi connectivity index (χ4n) is 3.57. The van der Waals surface area contributed by atoms with Gasteiger partial charge < -0.3 is 19.6 Å². The van der Waals surface area contributed by atoms with Gasteiger partial charge in [0.15, 0.2) is 0 Å². The third kappa shape index (κ3) is 5.88. The number of pyridine rings is 1. The first-order chi connectivity index (χ1) is 16.2. The van der Waals surface area contributed by atoms with Crippen molar-refractivity contribution in [3.63, 3.8) is 0 Å². The Hall–Kier alpha value is -3.51. The van der Waals surface area contributed by atoms with Crippen LogP contribution in [0.2, 0.25) is 0 Å². The van der Waals surface area contributed by atoms with E-state index in [2.05, 4.69) is 26.8 Å². The van der Waals surface area contributed by atoms with Crippen molar-refractivity contribution in [2.24, 2.45) is 11.8 Å². The largest absolute Gasteiger partial charge is 0.472 e. The predicted molar refractivity (Wildman–Crippen MR) is 126 cm³/mol. The molecule has 180 valence electrons. The summed E-state index contributed by atoms with van der Waals surface area (Å²) in [5, 5.41) is 9.78. The van der Waals surface area contributed by atoms with Crippen LogP contribution in [0.15, 0.2) is 30.9 Å². The molecule has 34 heavy (non-hydrogen) atoms. The Morgan fingerprint density at radius 1 is 1.29 bits per heavy atom. The predicted octanol–water partition coefficient (Wildman–Crippen LogP) is 1.87. The van der Waals surface area contributed by atoms with Crippen LogP contribution in [0, 0.1) is 23.7 Å². The molecule has 2 aromatic rings. The average molecular weight is 466 g/mol. The molecule has 0 aliphatic carbocycles. The Kier molecular flexibility index (Phi) is 8.18. The smallest absolute Gasteiger partial charge is 0.273 e. The van der Waals surface area contributed by atoms with Crippen LogP contribution in [-0.2, 0) is 0 Å². The van der Waals surface area contributed by atoms with Crippen LogP contribution in [0.4, 0.5) is 0 Å². The number of likely N-dealkylation sites (N-methyl/N-ethyl adjacent to an activating group) is 1. The Morgan fingerprint density at radius 2 is 2.06 bits per heavy atom. The number of aliphatic hydroxyl groups is 1. The molecule has 0 unspecified atom stereocenters. The molecule has 1 aliphatic rings. The van der Waals surface area contributed by atoms with Crippen LogP contribution in [0.25, 0.3) is 0 Å². The van der Waals surface area contributed by atoms with E-state index in [1.165, 1.54) is 23.5 Å². The van der Waals surface area contributed by atoms with Gasteiger partial charge in [0.05, 0.1) is 25.4 Å². The summed E-state index contributed by atoms with van der Waals surface area (Å²) in [5.41, 5.74) is 1.14. The van der Waals surface area contributed by atoms with Crippen molar-refractivity contribution in [3.8, 4) is 17.7 Å². The summed E-state index contributed by atoms with van der Waals surface area (Å²) in [4.78, 5) is 41.8. The van der Waals surface area contributed by atoms with Gasteiger partial charge in [0.1, 0.15) is 17.4 Å². The molecule has 0 saturated heterocycles. The number of amides is 2. The van der Waals surface area contributed by atoms with Crippen molar-refractivity contribution >= 4 is 11.8 Å². The van der Waals surface area contributed by atoms with E-state index in [9.17, 15) is 14.7 Å². The first-order valence-corrected chi connectivity index (χ1v) is 11.3. The Labute approximate surface area is 200 Å². The first-order valence-electron chi connectivity index (χ1n) is 11.3. The van der Waals surface area contributed by atoms with E-state index < -0.39 is 12.1 Å². The maximum absolute atomic E-state index is 13.4. The molecule has 2 aromatic heterocycles. The van der Waals surface area contributed by atoms with Gasteiger partial charge in [0, 0.05) is 49.6 Å². The lowest BCUT2D eigenvalue weighted by Crippen LogP contribution is -2.50. The number of fused-ring (bicyclic) bond motifs is 1. The standard InChI is InChI=1S/C25H31N5O4/c1-16(2)6-7-19-10-20-23(28-11-19)34-22(17(3)13-30(24(20)32)18(4)15-31)14-29(5)25(33)21-12-26-8-9-27-21/h8-12,16-18,22,31H,13-15H2,1-5H3/t17-,18-,22+/m0/s1. The highest BCUT2D eigenvalue weighted by atomic mass is 16.5. The van der Waals surface area contributed by atoms with Gasteiger partial charge >= 0.3 is 0 Å². The third-order valence-electron chi connectivity index (χ3n) is 5.61. The van der Waals surface area contributed by atoms with Gasteiger partial charge in [0.2, 0.25) is 5.88 Å². The van der Waals surface area contributed by atoms with Crippen molar-refractivity contribution < 1.29 is 19.4 Å². The maximum atomic E-state index is 13.4. The second kappa shape index (κ2) is 11.1. The number of aliphatic hydroxyl groups excluding tert-OH is 1. The topological polar surface area (TPSA) is 109 Å². The van der Waals surface area contributed by atoms with Gasteiger partial charge in [-0.3, -0.25) is 14.6 Å². The summed E-state index contributed by atoms with van der Waals surface area (Å²) in [6.07, 6.45) is 5.52. The number of aromatic nitrogens is 3. The molecule has 3 heterocycles. The van der Waals surface area contributed by atoms with Gasteiger partial charge in [-0.15, -0.1) is 0 Å². The second-order valence-electron chi connectivity index (χ2n) is 8.90. The van der Waals surface area contributed by atoms with Crippen LogP contribution in [0.5, 0.6) is 5.88 Å². The molecule has 2 amide bonds. The van der Waals surface area contributed by atoms with Crippen LogP contribution in [0.3, 0.4) is 0 Å². The van der Waals surface area contributed by atoms with Gasteiger partial charge in [-0.2, -0.15) is 0 Å². The zero-order valence-electron chi connectivity index (χ0n) is 20.2. The van der Waals surface area contributed by atoms with Crippen LogP contribution < -0.4 is 4.74 Å². The molecule has 3 atom stereocenters. The summed E-state index contributed by atoms with van der Waals surface area (Å²) < 4.78 is 6.22. The number of hydrogen-bond donors (Lipinski definition) is 1. The fraction of sp³-hybridized carbons (Fsp3) is 0.480. The molecule has 3 rings (SSSR count). The van der Waals surface area contributed by atoms with E-state index in [0.29, 0.717) is 12.1 Å². The number of nitrogens with zero attached hydrogens (tertiary/aromatic N) is 5. The van der Waals surface area contributed by atoms with Crippen LogP contribution in [0.1, 0.15) is 54.1 Å². The molecule has 0 fully saturated rings. The molecule has 1 N–H and O–H groups in total. The minimum atomic E-state index is -0.453. The molecule has 0 spiro atoms. The highest BCUT2D eigenvalue weighted by Gasteiger charge is 2.34. The molecule has 0 bridgehead atoms. The lowest BCUT2D eigenvalue weighted by Gasteiger charge is -2.37. The number of ether oxygens (including phenoxy) is 1. The Bertz CT molecular complexity index is 1080. The van der Waals surface area contributed by atoms with Gasteiger partial charge in [0.25, 0.3) is 11.8 Å². The van der Waals surface area contributed by atoms with Gasteiger partial charge in [-0.25, -0.2) is 9.97 Å². The lowest BCUT2D eigenvalue weighted by atomic mass is 9.99. The maximum Gasteiger partial charge on any atom is 0.273 e. The highest BCUT2D eigenvalue weighted by Crippen LogP contribution is 2.27. The molecule has 0 aromatic carbocycles. The van der Waals surface area contributed by atoms with Crippen molar-refractivity contribution in [3.05, 3.63) is 47.7 Å². The fourth-order valence-corrected chi connectivity index (χ4v) is 3.57. The molecule has 0 radical (unpaired) electrons. The van der Waals surface area contributed by atoms with E-state index in [1.807, 2.05) is 20.8 Å². The number of rotatable bonds is 5. The SMILES string of the molecule is CC(C)C#Cc1cnc2c(c1)C(=O)N([C@@H](C)CO)C[C@H](C)[C@@H](CN(C)C(=O)c1cnccn1)O2. The first kappa shape index (κ1) is 25.1. The van der Waals surface area contributed by atoms with E-state index >= 15 is 0 Å². The summed E-state index contributed by atoms with van der Waals surface area (Å²) in [6.45, 7) is 8.13. The third-order valence-corrected chi connectivity index (χ3v) is 5.61. The second-order valence-corrected chi connectivity index (χ2v) is 8.90. The van der Waals surface area contributed by atoms with Gasteiger partial charge in [-0.1, -0.05) is 32.6 Å². The highest BCUT2D eigenvalue weighted by molar-refractivity contribution is 5.97. The lowest BCUT2D eigenvalue weighted by molar-refractivity contribution is 0.0312. The normalized spacial score (nSPS) is 18.7. The van der Waals surface area contributed by atoms with E-state index in [1.54, 1.807) is 31.1 Å². The molecular weight excluding hydrogens is 434 g/mol. The quantitative estimate of drug-likeness (QED) is 0.672. The van der Waals surface area contributed by atoms with E-state index in [4.69, 9.17) is 4.74 Å². The Balaban J connectivity index is 1.95. The minimum Gasteiger partial charge on any atom is -0.472 e. The van der Waals surface area contributed by atoms with Gasteiger partial charge in [-0.05, 0) is 13.0 Å². The molecular formula is C25H31N5O4. The van der Waals surface area contributed by atoms with E-state index in [-0.39, 0.29) is 53.9 Å². The van der Waals surface area contributed by atoms with Crippen LogP contribution >= 0.6 is 0 Å². The monoisotopic (exact) mass is 465 g/mol. The van der Waals surface area contributed by atoms with Crippen molar-refractivity contribution in [1.82, 2.24) is 24.8 Å². The number of hydrogen-bond acceptors (Lipinski definition) is 7. The minimum absolute atomic E-state index is 0.148. The molecule has 0 saturated carbocycles. The molecule has 1 aliphatic heterocycles. The molecule has 9 heteroatoms. The number of carbonyl (C=O) groups is 2. The average Bonchev–Trinajstić information content (AvgIpc) is 2.84. The van der Waals surface area contributed by atoms with Crippen molar-refractivity contribution in [1.29, 1.82) is 0 Å². The summed E-state index contributed by atoms with van der Waals surface area (Å²) in [6, 6.07) is 1.28. The van der Waals surface area contributed by atoms with Crippen LogP contribution in [-0.4, -0.2) is 80.6 Å². The van der Waals surface area contributed by atoms with Crippen molar-refractivity contribution in [2.75, 3.05) is 26.7 Å². The molecule has 9 nitrogen and oxygen atoms in total. The van der Waals surface area contributed by atoms with E-state index in [0.717, 1.165) is 0 Å². The summed E-state index contributed by atoms with van der Waals surface area (Å²) in [5.74, 6) is 5.77. The Morgan fingerprint density at radius 3 is 2.71 bits per heavy atom. The zero-order valence-corrected chi connectivity index (χ0v) is 20.2. The summed E-state index contributed by atoms with van der Waals surface area (Å²) >= 11 is 0. The summed E-state index contributed by atoms with van der Waals surface area (Å²) in [7, 11) is 1.67. The van der Waals surface area contributed by atoms with Crippen molar-refractivity contribution in [2.45, 2.75) is 39.8 Å².